The lowest BCUT2D eigenvalue weighted by molar-refractivity contribution is -0.390. The van der Waals surface area contributed by atoms with E-state index < -0.39 is 390 Å². The topological polar surface area (TPSA) is 838 Å². The molecule has 10 aliphatic heterocycles. The summed E-state index contributed by atoms with van der Waals surface area (Å²) < 4.78 is 112. The van der Waals surface area contributed by atoms with Gasteiger partial charge in [0, 0.05) is 27.7 Å². The molecule has 10 fully saturated rings. The van der Waals surface area contributed by atoms with Crippen molar-refractivity contribution in [2.45, 2.75) is 341 Å². The average Bonchev–Trinajstić information content (AvgIpc) is 0.767. The zero-order valence-corrected chi connectivity index (χ0v) is 65.7. The van der Waals surface area contributed by atoms with Crippen LogP contribution in [0.3, 0.4) is 0 Å². The molecule has 0 saturated carbocycles. The first kappa shape index (κ1) is 100. The molecule has 706 valence electrons. The molecule has 0 unspecified atom stereocenters. The normalized spacial score (nSPS) is 49.7. The van der Waals surface area contributed by atoms with E-state index in [-0.39, 0.29) is 0 Å². The molecule has 0 aromatic rings. The lowest BCUT2D eigenvalue weighted by Crippen LogP contribution is -2.70. The smallest absolute Gasteiger partial charge is 0.217 e. The molecular formula is C68H114N4O50. The Morgan fingerprint density at radius 2 is 0.500 bits per heavy atom. The number of aliphatic hydroxyl groups is 27. The van der Waals surface area contributed by atoms with Crippen molar-refractivity contribution in [2.75, 3.05) is 59.5 Å². The number of carbonyl (C=O) groups is 4. The molecule has 10 rings (SSSR count). The minimum absolute atomic E-state index is 0.836. The summed E-state index contributed by atoms with van der Waals surface area (Å²) in [4.78, 5) is 51.5. The number of hydrogen-bond donors (Lipinski definition) is 31. The maximum Gasteiger partial charge on any atom is 0.217 e. The third kappa shape index (κ3) is 22.2. The lowest BCUT2D eigenvalue weighted by atomic mass is 9.93. The molecular weight excluding hydrogens is 1670 g/mol. The van der Waals surface area contributed by atoms with Gasteiger partial charge in [-0.2, -0.15) is 0 Å². The lowest BCUT2D eigenvalue weighted by Gasteiger charge is -2.50. The minimum Gasteiger partial charge on any atom is -0.394 e. The van der Waals surface area contributed by atoms with E-state index in [0.29, 0.717) is 0 Å². The summed E-state index contributed by atoms with van der Waals surface area (Å²) in [6.07, 6.45) is -94.1. The molecule has 0 aromatic heterocycles. The summed E-state index contributed by atoms with van der Waals surface area (Å²) in [5, 5.41) is 309. The van der Waals surface area contributed by atoms with Crippen LogP contribution >= 0.6 is 0 Å². The van der Waals surface area contributed by atoms with Crippen molar-refractivity contribution in [1.29, 1.82) is 0 Å². The Kier molecular flexibility index (Phi) is 35.8. The van der Waals surface area contributed by atoms with Crippen molar-refractivity contribution in [3.05, 3.63) is 0 Å². The Hall–Kier alpha value is -3.96. The number of nitrogens with one attached hydrogen (secondary N) is 4. The summed E-state index contributed by atoms with van der Waals surface area (Å²) in [5.74, 6) is -3.69. The van der Waals surface area contributed by atoms with Crippen LogP contribution in [0.15, 0.2) is 0 Å². The monoisotopic (exact) mass is 1790 g/mol. The SMILES string of the molecule is CC(=O)N[C@@H]1[C@@H](O)[C@H](O[C@@H]2O[C@H](CO)[C@@H](O[C@@H]3O[C@H](CO[C@H]4O[C@H](CO[C@@H]5O[C@H](CO)[C@@H](O[C@@H]6O[C@H](CO)[C@H](O)[C@H](O)[C@H]6O)[C@H](O)[C@H]5NC(C)=O)[C@@H](O)[C@H](O)[C@@H]4O[C@@H]4O[C@H](CO)[C@@H](O[C@@H]5O[C@H](CO)[C@H](O)[C@H](O)[C@H]5O)[C@H](O)[C@H]4NC(C)=O)[C@@H](O)[C@H](O[C@H]4O[C@H](CO)[C@@H](O)[C@H](O)[C@@H]4O)[C@@H]3O)[C@H](O)[C@H]2NC(C)=O)[C@@H](CO[C@@H]2O[C@@H](C)[C@@H](O)[C@@H](O)[C@@H]2O)O[C@H]1O. The molecule has 31 N–H and O–H groups in total. The highest BCUT2D eigenvalue weighted by atomic mass is 16.8. The van der Waals surface area contributed by atoms with Gasteiger partial charge < -0.3 is 249 Å². The first-order valence-electron chi connectivity index (χ1n) is 39.0. The van der Waals surface area contributed by atoms with E-state index in [1.54, 1.807) is 0 Å². The van der Waals surface area contributed by atoms with E-state index >= 15 is 0 Å². The van der Waals surface area contributed by atoms with Gasteiger partial charge in [0.25, 0.3) is 0 Å². The Balaban J connectivity index is 0.970. The molecule has 54 heteroatoms. The van der Waals surface area contributed by atoms with Crippen LogP contribution in [0, 0.1) is 0 Å². The molecule has 50 atom stereocenters. The Labute approximate surface area is 691 Å². The van der Waals surface area contributed by atoms with Gasteiger partial charge >= 0.3 is 0 Å². The Morgan fingerprint density at radius 1 is 0.230 bits per heavy atom. The number of carbonyl (C=O) groups excluding carboxylic acids is 4. The van der Waals surface area contributed by atoms with Crippen LogP contribution in [-0.2, 0) is 109 Å². The largest absolute Gasteiger partial charge is 0.394 e. The Morgan fingerprint density at radius 3 is 0.910 bits per heavy atom. The summed E-state index contributed by atoms with van der Waals surface area (Å²) >= 11 is 0. The van der Waals surface area contributed by atoms with Gasteiger partial charge in [0.05, 0.1) is 65.6 Å². The molecule has 4 amide bonds. The third-order valence-electron chi connectivity index (χ3n) is 22.4. The van der Waals surface area contributed by atoms with Gasteiger partial charge in [-0.3, -0.25) is 19.2 Å². The van der Waals surface area contributed by atoms with Crippen molar-refractivity contribution in [3.63, 3.8) is 0 Å². The minimum atomic E-state index is -2.52. The number of hydrogen-bond acceptors (Lipinski definition) is 50. The van der Waals surface area contributed by atoms with Gasteiger partial charge in [-0.25, -0.2) is 0 Å². The van der Waals surface area contributed by atoms with Crippen molar-refractivity contribution in [2.24, 2.45) is 0 Å². The van der Waals surface area contributed by atoms with Gasteiger partial charge in [0.2, 0.25) is 23.6 Å². The van der Waals surface area contributed by atoms with Gasteiger partial charge in [-0.15, -0.1) is 0 Å². The molecule has 0 bridgehead atoms. The van der Waals surface area contributed by atoms with Gasteiger partial charge in [0.1, 0.15) is 238 Å². The van der Waals surface area contributed by atoms with E-state index in [4.69, 9.17) is 90.0 Å². The number of rotatable bonds is 31. The first-order chi connectivity index (χ1) is 57.6. The van der Waals surface area contributed by atoms with E-state index in [0.717, 1.165) is 27.7 Å². The molecule has 0 aliphatic carbocycles. The van der Waals surface area contributed by atoms with Gasteiger partial charge in [-0.05, 0) is 6.92 Å². The van der Waals surface area contributed by atoms with Crippen molar-refractivity contribution < 1.29 is 247 Å². The first-order valence-corrected chi connectivity index (χ1v) is 39.0. The fourth-order valence-electron chi connectivity index (χ4n) is 15.7. The molecule has 54 nitrogen and oxygen atoms in total. The van der Waals surface area contributed by atoms with Crippen LogP contribution < -0.4 is 21.3 Å². The summed E-state index contributed by atoms with van der Waals surface area (Å²) in [6.45, 7) is -4.55. The predicted molar refractivity (Wildman–Crippen MR) is 375 cm³/mol. The maximum absolute atomic E-state index is 13.2. The quantitative estimate of drug-likeness (QED) is 0.0306. The van der Waals surface area contributed by atoms with Crippen LogP contribution in [0.1, 0.15) is 34.6 Å². The van der Waals surface area contributed by atoms with Crippen molar-refractivity contribution in [3.8, 4) is 0 Å². The number of aliphatic hydroxyl groups excluding tert-OH is 27. The Bertz CT molecular complexity index is 3280. The van der Waals surface area contributed by atoms with E-state index in [1.165, 1.54) is 6.92 Å². The molecule has 10 heterocycles. The number of amides is 4. The highest BCUT2D eigenvalue weighted by Crippen LogP contribution is 2.40. The zero-order chi connectivity index (χ0) is 89.8. The maximum atomic E-state index is 13.2. The second-order valence-electron chi connectivity index (χ2n) is 31.0. The zero-order valence-electron chi connectivity index (χ0n) is 65.7. The van der Waals surface area contributed by atoms with Gasteiger partial charge in [0.15, 0.2) is 62.9 Å². The highest BCUT2D eigenvalue weighted by Gasteiger charge is 2.61. The van der Waals surface area contributed by atoms with Crippen LogP contribution in [0.25, 0.3) is 0 Å². The fourth-order valence-corrected chi connectivity index (χ4v) is 15.7. The summed E-state index contributed by atoms with van der Waals surface area (Å²) in [7, 11) is 0. The summed E-state index contributed by atoms with van der Waals surface area (Å²) in [5.41, 5.74) is 0. The van der Waals surface area contributed by atoms with E-state index in [9.17, 15) is 157 Å². The van der Waals surface area contributed by atoms with E-state index in [2.05, 4.69) is 21.3 Å². The molecule has 0 spiro atoms. The van der Waals surface area contributed by atoms with Crippen molar-refractivity contribution >= 4 is 23.6 Å². The molecule has 10 saturated heterocycles. The number of ether oxygens (including phenoxy) is 19. The molecule has 0 radical (unpaired) electrons. The fraction of sp³-hybridized carbons (Fsp3) is 0.941. The van der Waals surface area contributed by atoms with Crippen LogP contribution in [0.4, 0.5) is 0 Å². The molecule has 122 heavy (non-hydrogen) atoms. The summed E-state index contributed by atoms with van der Waals surface area (Å²) in [6, 6.07) is -7.54. The van der Waals surface area contributed by atoms with E-state index in [1.807, 2.05) is 0 Å². The molecule has 10 aliphatic rings. The predicted octanol–water partition coefficient (Wildman–Crippen LogP) is -21.2. The molecule has 0 aromatic carbocycles. The van der Waals surface area contributed by atoms with Crippen LogP contribution in [-0.4, -0.2) is 528 Å². The highest BCUT2D eigenvalue weighted by molar-refractivity contribution is 5.74. The van der Waals surface area contributed by atoms with Gasteiger partial charge in [-0.1, -0.05) is 0 Å². The van der Waals surface area contributed by atoms with Crippen LogP contribution in [0.2, 0.25) is 0 Å². The standard InChI is InChI=1S/C68H114N4O50/c1-15-33(83)43(93)48(98)63(107-15)105-14-28-56(39(89)29(59(103)108-28)69-16(2)79)117-61-31(71-18(4)81)41(91)55(25(11-78)113-61)120-67-52(102)57(121-66-51(101)46(96)36(86)22(8-75)111-66)38(88)27(115-67)13-106-68-58(122-62-32(72-19(5)82)42(92)54(24(10-77)114-62)119-65-50(100)45(95)35(85)21(7-74)110-65)47(97)37(87)26(116-68)12-104-60-30(70-17(3)80)40(90)53(23(9-76)112-60)118-64-49(99)44(94)34(84)20(6-73)109-64/h15,20-68,73-78,83-103H,6-14H2,1-5H3,(H,69,79)(H,70,80)(H,71,81)(H,72,82)/t15-,20+,21+,22+,23+,24+,25+,26+,27+,28+,29+,30+,31+,32+,33+,34-,35-,36+,37+,38+,39+,40+,41+,42+,43+,44-,45-,46-,47-,48-,49+,50+,51-,52-,53+,54+,55+,56+,57-,58-,59+,60+,61-,62-,63+,64-,65-,66+,67-,68-/m0/s1. The second kappa shape index (κ2) is 43.6. The van der Waals surface area contributed by atoms with Crippen molar-refractivity contribution in [1.82, 2.24) is 21.3 Å². The third-order valence-corrected chi connectivity index (χ3v) is 22.4. The second-order valence-corrected chi connectivity index (χ2v) is 31.0. The van der Waals surface area contributed by atoms with Crippen LogP contribution in [0.5, 0.6) is 0 Å². The average molecular weight is 1790 g/mol.